The van der Waals surface area contributed by atoms with Gasteiger partial charge in [-0.1, -0.05) is 18.2 Å². The van der Waals surface area contributed by atoms with Gasteiger partial charge < -0.3 is 4.74 Å². The average molecular weight is 343 g/mol. The summed E-state index contributed by atoms with van der Waals surface area (Å²) in [7, 11) is 1.34. The normalized spacial score (nSPS) is 20.1. The van der Waals surface area contributed by atoms with Crippen LogP contribution in [0.3, 0.4) is 0 Å². The molecule has 0 saturated heterocycles. The highest BCUT2D eigenvalue weighted by Gasteiger charge is 2.43. The van der Waals surface area contributed by atoms with Crippen molar-refractivity contribution in [2.24, 2.45) is 0 Å². The molecule has 0 amide bonds. The third-order valence-corrected chi connectivity index (χ3v) is 4.95. The van der Waals surface area contributed by atoms with Gasteiger partial charge in [-0.25, -0.2) is 8.78 Å². The SMILES string of the molecule is COC(=O)C1(c2cccc(F)c2C)CC=C(c2cncc(F)c2)CC1. The summed E-state index contributed by atoms with van der Waals surface area (Å²) in [5.74, 6) is -1.12. The number of rotatable bonds is 3. The average Bonchev–Trinajstić information content (AvgIpc) is 2.63. The predicted octanol–water partition coefficient (Wildman–Crippen LogP) is 4.35. The number of hydrogen-bond donors (Lipinski definition) is 0. The van der Waals surface area contributed by atoms with Crippen molar-refractivity contribution in [1.82, 2.24) is 4.98 Å². The third kappa shape index (κ3) is 3.06. The standard InChI is InChI=1S/C20H19F2NO2/c1-13-17(4-3-5-18(13)22)20(19(24)25-2)8-6-14(7-9-20)15-10-16(21)12-23-11-15/h3-6,10-12H,7-9H2,1-2H3. The van der Waals surface area contributed by atoms with Gasteiger partial charge in [0.15, 0.2) is 0 Å². The number of carbonyl (C=O) groups excluding carboxylic acids is 1. The predicted molar refractivity (Wildman–Crippen MR) is 90.9 cm³/mol. The summed E-state index contributed by atoms with van der Waals surface area (Å²) in [6.45, 7) is 1.67. The largest absolute Gasteiger partial charge is 0.468 e. The molecule has 1 aromatic heterocycles. The molecule has 0 N–H and O–H groups in total. The second-order valence-corrected chi connectivity index (χ2v) is 6.31. The molecule has 1 aliphatic rings. The van der Waals surface area contributed by atoms with Crippen LogP contribution in [0.15, 0.2) is 42.7 Å². The minimum atomic E-state index is -0.925. The van der Waals surface area contributed by atoms with Crippen molar-refractivity contribution in [2.75, 3.05) is 7.11 Å². The lowest BCUT2D eigenvalue weighted by Gasteiger charge is -2.35. The maximum absolute atomic E-state index is 14.0. The van der Waals surface area contributed by atoms with Gasteiger partial charge in [0, 0.05) is 6.20 Å². The Balaban J connectivity index is 2.03. The third-order valence-electron chi connectivity index (χ3n) is 4.95. The molecule has 0 aliphatic heterocycles. The van der Waals surface area contributed by atoms with E-state index in [0.29, 0.717) is 36.0 Å². The van der Waals surface area contributed by atoms with Crippen molar-refractivity contribution in [1.29, 1.82) is 0 Å². The zero-order chi connectivity index (χ0) is 18.0. The van der Waals surface area contributed by atoms with Crippen molar-refractivity contribution in [2.45, 2.75) is 31.6 Å². The Hall–Kier alpha value is -2.56. The van der Waals surface area contributed by atoms with Crippen molar-refractivity contribution in [3.05, 3.63) is 71.1 Å². The summed E-state index contributed by atoms with van der Waals surface area (Å²) in [4.78, 5) is 16.5. The minimum absolute atomic E-state index is 0.343. The molecule has 1 heterocycles. The van der Waals surface area contributed by atoms with Gasteiger partial charge in [-0.15, -0.1) is 0 Å². The zero-order valence-corrected chi connectivity index (χ0v) is 14.2. The highest BCUT2D eigenvalue weighted by Crippen LogP contribution is 2.43. The lowest BCUT2D eigenvalue weighted by molar-refractivity contribution is -0.148. The van der Waals surface area contributed by atoms with Gasteiger partial charge in [-0.2, -0.15) is 0 Å². The molecule has 130 valence electrons. The summed E-state index contributed by atoms with van der Waals surface area (Å²) in [5, 5.41) is 0. The summed E-state index contributed by atoms with van der Waals surface area (Å²) in [6.07, 6.45) is 6.05. The minimum Gasteiger partial charge on any atom is -0.468 e. The van der Waals surface area contributed by atoms with Crippen LogP contribution in [0, 0.1) is 18.6 Å². The number of halogens is 2. The smallest absolute Gasteiger partial charge is 0.316 e. The van der Waals surface area contributed by atoms with Crippen LogP contribution in [0.5, 0.6) is 0 Å². The quantitative estimate of drug-likeness (QED) is 0.778. The highest BCUT2D eigenvalue weighted by molar-refractivity contribution is 5.86. The molecule has 1 unspecified atom stereocenters. The summed E-state index contributed by atoms with van der Waals surface area (Å²) in [6, 6.07) is 6.19. The van der Waals surface area contributed by atoms with Crippen LogP contribution in [-0.4, -0.2) is 18.1 Å². The Morgan fingerprint density at radius 3 is 2.72 bits per heavy atom. The number of hydrogen-bond acceptors (Lipinski definition) is 3. The van der Waals surface area contributed by atoms with E-state index in [0.717, 1.165) is 11.8 Å². The number of allylic oxidation sites excluding steroid dienone is 2. The number of methoxy groups -OCH3 is 1. The van der Waals surface area contributed by atoms with E-state index < -0.39 is 11.2 Å². The summed E-state index contributed by atoms with van der Waals surface area (Å²) >= 11 is 0. The van der Waals surface area contributed by atoms with Gasteiger partial charge in [0.1, 0.15) is 11.6 Å². The van der Waals surface area contributed by atoms with Gasteiger partial charge >= 0.3 is 5.97 Å². The first kappa shape index (κ1) is 17.3. The number of pyridine rings is 1. The van der Waals surface area contributed by atoms with E-state index >= 15 is 0 Å². The van der Waals surface area contributed by atoms with Crippen LogP contribution in [0.2, 0.25) is 0 Å². The first-order chi connectivity index (χ1) is 12.0. The summed E-state index contributed by atoms with van der Waals surface area (Å²) in [5.41, 5.74) is 1.81. The Morgan fingerprint density at radius 2 is 2.08 bits per heavy atom. The number of esters is 1. The summed E-state index contributed by atoms with van der Waals surface area (Å²) < 4.78 is 32.5. The lowest BCUT2D eigenvalue weighted by Crippen LogP contribution is -2.39. The van der Waals surface area contributed by atoms with Crippen LogP contribution in [-0.2, 0) is 14.9 Å². The fourth-order valence-electron chi connectivity index (χ4n) is 3.56. The van der Waals surface area contributed by atoms with Gasteiger partial charge in [0.05, 0.1) is 18.7 Å². The molecular formula is C20H19F2NO2. The Labute approximate surface area is 145 Å². The number of ether oxygens (including phenoxy) is 1. The molecule has 2 aromatic rings. The Bertz CT molecular complexity index is 847. The molecule has 1 aliphatic carbocycles. The van der Waals surface area contributed by atoms with Crippen LogP contribution in [0.25, 0.3) is 5.57 Å². The topological polar surface area (TPSA) is 39.2 Å². The van der Waals surface area contributed by atoms with Gasteiger partial charge in [-0.05, 0) is 60.6 Å². The second kappa shape index (κ2) is 6.75. The molecule has 0 saturated carbocycles. The van der Waals surface area contributed by atoms with Crippen LogP contribution >= 0.6 is 0 Å². The molecular weight excluding hydrogens is 324 g/mol. The fraction of sp³-hybridized carbons (Fsp3) is 0.300. The molecule has 3 nitrogen and oxygen atoms in total. The first-order valence-corrected chi connectivity index (χ1v) is 8.12. The lowest BCUT2D eigenvalue weighted by atomic mass is 9.68. The van der Waals surface area contributed by atoms with E-state index in [1.165, 1.54) is 19.2 Å². The van der Waals surface area contributed by atoms with E-state index in [1.807, 2.05) is 6.08 Å². The molecule has 0 bridgehead atoms. The van der Waals surface area contributed by atoms with Crippen molar-refractivity contribution in [3.8, 4) is 0 Å². The zero-order valence-electron chi connectivity index (χ0n) is 14.2. The molecule has 5 heteroatoms. The molecule has 25 heavy (non-hydrogen) atoms. The van der Waals surface area contributed by atoms with Gasteiger partial charge in [0.25, 0.3) is 0 Å². The number of nitrogens with zero attached hydrogens (tertiary/aromatic N) is 1. The fourth-order valence-corrected chi connectivity index (χ4v) is 3.56. The second-order valence-electron chi connectivity index (χ2n) is 6.31. The molecule has 0 fully saturated rings. The van der Waals surface area contributed by atoms with E-state index in [1.54, 1.807) is 25.3 Å². The first-order valence-electron chi connectivity index (χ1n) is 8.12. The van der Waals surface area contributed by atoms with Crippen molar-refractivity contribution >= 4 is 11.5 Å². The molecule has 1 atom stereocenters. The maximum atomic E-state index is 14.0. The van der Waals surface area contributed by atoms with Crippen LogP contribution < -0.4 is 0 Å². The van der Waals surface area contributed by atoms with Crippen molar-refractivity contribution < 1.29 is 18.3 Å². The number of benzene rings is 1. The monoisotopic (exact) mass is 343 g/mol. The van der Waals surface area contributed by atoms with Gasteiger partial charge in [0.2, 0.25) is 0 Å². The van der Waals surface area contributed by atoms with Gasteiger partial charge in [-0.3, -0.25) is 9.78 Å². The van der Waals surface area contributed by atoms with Crippen LogP contribution in [0.4, 0.5) is 8.78 Å². The highest BCUT2D eigenvalue weighted by atomic mass is 19.1. The van der Waals surface area contributed by atoms with E-state index in [2.05, 4.69) is 4.98 Å². The molecule has 1 aromatic carbocycles. The van der Waals surface area contributed by atoms with Crippen LogP contribution in [0.1, 0.15) is 36.0 Å². The molecule has 0 radical (unpaired) electrons. The number of aromatic nitrogens is 1. The molecule has 0 spiro atoms. The molecule has 3 rings (SSSR count). The Morgan fingerprint density at radius 1 is 1.28 bits per heavy atom. The maximum Gasteiger partial charge on any atom is 0.316 e. The van der Waals surface area contributed by atoms with E-state index in [-0.39, 0.29) is 11.8 Å². The number of carbonyl (C=O) groups is 1. The van der Waals surface area contributed by atoms with E-state index in [4.69, 9.17) is 4.74 Å². The van der Waals surface area contributed by atoms with E-state index in [9.17, 15) is 13.6 Å². The Kier molecular flexibility index (Phi) is 4.66. The van der Waals surface area contributed by atoms with Crippen molar-refractivity contribution in [3.63, 3.8) is 0 Å².